The van der Waals surface area contributed by atoms with E-state index in [-0.39, 0.29) is 0 Å². The number of unbranched alkanes of at least 4 members (excludes halogenated alkanes) is 2. The van der Waals surface area contributed by atoms with Gasteiger partial charge in [0, 0.05) is 0 Å². The van der Waals surface area contributed by atoms with E-state index in [4.69, 9.17) is 0 Å². The minimum absolute atomic E-state index is 1.08. The molecule has 0 aromatic carbocycles. The molecule has 0 unspecified atom stereocenters. The van der Waals surface area contributed by atoms with Crippen molar-refractivity contribution >= 4 is 0 Å². The average Bonchev–Trinajstić information content (AvgIpc) is 1.78. The van der Waals surface area contributed by atoms with E-state index >= 15 is 0 Å². The van der Waals surface area contributed by atoms with Crippen LogP contribution in [0.1, 0.15) is 19.3 Å². The summed E-state index contributed by atoms with van der Waals surface area (Å²) in [4.78, 5) is 0. The van der Waals surface area contributed by atoms with Gasteiger partial charge in [0.25, 0.3) is 0 Å². The zero-order valence-corrected chi connectivity index (χ0v) is 7.56. The number of allylic oxidation sites excluding steroid dienone is 1. The second kappa shape index (κ2) is 4.51. The highest BCUT2D eigenvalue weighted by molar-refractivity contribution is 4.64. The fourth-order valence-electron chi connectivity index (χ4n) is 0.875. The van der Waals surface area contributed by atoms with Crippen LogP contribution in [-0.2, 0) is 0 Å². The van der Waals surface area contributed by atoms with E-state index in [0.717, 1.165) is 4.48 Å². The molecule has 0 heterocycles. The van der Waals surface area contributed by atoms with Crippen molar-refractivity contribution in [2.75, 3.05) is 27.7 Å². The van der Waals surface area contributed by atoms with Gasteiger partial charge in [-0.05, 0) is 19.3 Å². The molecule has 0 saturated heterocycles. The Hall–Kier alpha value is -0.300. The van der Waals surface area contributed by atoms with Crippen molar-refractivity contribution in [2.45, 2.75) is 19.3 Å². The number of quaternary nitrogens is 1. The standard InChI is InChI=1S/C9H20N/c1-5-6-7-8-9-10(2,3)4/h5H,1,6-9H2,2-4H3/q+1. The van der Waals surface area contributed by atoms with Gasteiger partial charge < -0.3 is 4.48 Å². The molecule has 0 aliphatic heterocycles. The summed E-state index contributed by atoms with van der Waals surface area (Å²) in [6, 6.07) is 0. The van der Waals surface area contributed by atoms with E-state index in [9.17, 15) is 0 Å². The minimum Gasteiger partial charge on any atom is -0.331 e. The number of nitrogens with zero attached hydrogens (tertiary/aromatic N) is 1. The van der Waals surface area contributed by atoms with Crippen LogP contribution < -0.4 is 0 Å². The summed E-state index contributed by atoms with van der Waals surface area (Å²) >= 11 is 0. The summed E-state index contributed by atoms with van der Waals surface area (Å²) in [6.45, 7) is 4.96. The Labute approximate surface area is 64.9 Å². The van der Waals surface area contributed by atoms with Gasteiger partial charge in [0.2, 0.25) is 0 Å². The van der Waals surface area contributed by atoms with Crippen LogP contribution >= 0.6 is 0 Å². The van der Waals surface area contributed by atoms with Crippen molar-refractivity contribution in [3.05, 3.63) is 12.7 Å². The van der Waals surface area contributed by atoms with Crippen LogP contribution in [0.25, 0.3) is 0 Å². The molecule has 0 amide bonds. The maximum Gasteiger partial charge on any atom is 0.0780 e. The number of hydrogen-bond donors (Lipinski definition) is 0. The van der Waals surface area contributed by atoms with Crippen LogP contribution in [0.5, 0.6) is 0 Å². The Morgan fingerprint density at radius 2 is 1.80 bits per heavy atom. The summed E-state index contributed by atoms with van der Waals surface area (Å²) in [5.41, 5.74) is 0. The Balaban J connectivity index is 3.12. The summed E-state index contributed by atoms with van der Waals surface area (Å²) < 4.78 is 1.08. The monoisotopic (exact) mass is 142 g/mol. The molecule has 0 atom stereocenters. The van der Waals surface area contributed by atoms with Crippen molar-refractivity contribution in [1.29, 1.82) is 0 Å². The lowest BCUT2D eigenvalue weighted by Gasteiger charge is -2.23. The number of hydrogen-bond acceptors (Lipinski definition) is 0. The maximum atomic E-state index is 3.69. The first-order valence-electron chi connectivity index (χ1n) is 3.97. The van der Waals surface area contributed by atoms with E-state index in [1.165, 1.54) is 25.8 Å². The van der Waals surface area contributed by atoms with Gasteiger partial charge in [-0.2, -0.15) is 0 Å². The third kappa shape index (κ3) is 7.70. The van der Waals surface area contributed by atoms with Gasteiger partial charge in [0.05, 0.1) is 27.7 Å². The van der Waals surface area contributed by atoms with Crippen LogP contribution in [0.3, 0.4) is 0 Å². The maximum absolute atomic E-state index is 3.69. The van der Waals surface area contributed by atoms with Crippen molar-refractivity contribution < 1.29 is 4.48 Å². The van der Waals surface area contributed by atoms with Gasteiger partial charge in [-0.15, -0.1) is 6.58 Å². The lowest BCUT2D eigenvalue weighted by molar-refractivity contribution is -0.870. The van der Waals surface area contributed by atoms with Crippen molar-refractivity contribution in [3.8, 4) is 0 Å². The first-order chi connectivity index (χ1) is 4.56. The zero-order chi connectivity index (χ0) is 8.04. The molecule has 0 spiro atoms. The van der Waals surface area contributed by atoms with E-state index in [2.05, 4.69) is 27.7 Å². The highest BCUT2D eigenvalue weighted by Crippen LogP contribution is 2.00. The molecule has 0 aromatic heterocycles. The van der Waals surface area contributed by atoms with Crippen molar-refractivity contribution in [1.82, 2.24) is 0 Å². The largest absolute Gasteiger partial charge is 0.331 e. The molecule has 0 aliphatic rings. The molecule has 60 valence electrons. The SMILES string of the molecule is C=CCCCC[N+](C)(C)C. The fourth-order valence-corrected chi connectivity index (χ4v) is 0.875. The molecule has 0 aromatic rings. The lowest BCUT2D eigenvalue weighted by Crippen LogP contribution is -2.35. The minimum atomic E-state index is 1.08. The van der Waals surface area contributed by atoms with Gasteiger partial charge >= 0.3 is 0 Å². The topological polar surface area (TPSA) is 0 Å². The normalized spacial score (nSPS) is 11.5. The van der Waals surface area contributed by atoms with Gasteiger partial charge in [0.15, 0.2) is 0 Å². The molecule has 1 nitrogen and oxygen atoms in total. The summed E-state index contributed by atoms with van der Waals surface area (Å²) in [5.74, 6) is 0. The molecule has 0 saturated carbocycles. The third-order valence-electron chi connectivity index (χ3n) is 1.49. The van der Waals surface area contributed by atoms with Crippen molar-refractivity contribution in [2.24, 2.45) is 0 Å². The van der Waals surface area contributed by atoms with Crippen LogP contribution in [0.2, 0.25) is 0 Å². The number of rotatable bonds is 5. The highest BCUT2D eigenvalue weighted by Gasteiger charge is 2.03. The van der Waals surface area contributed by atoms with Crippen LogP contribution in [0.4, 0.5) is 0 Å². The van der Waals surface area contributed by atoms with E-state index in [0.29, 0.717) is 0 Å². The smallest absolute Gasteiger partial charge is 0.0780 e. The Morgan fingerprint density at radius 3 is 2.20 bits per heavy atom. The molecule has 1 heteroatoms. The third-order valence-corrected chi connectivity index (χ3v) is 1.49. The van der Waals surface area contributed by atoms with Gasteiger partial charge in [0.1, 0.15) is 0 Å². The van der Waals surface area contributed by atoms with Gasteiger partial charge in [-0.1, -0.05) is 6.08 Å². The molecular formula is C9H20N+. The molecule has 0 aliphatic carbocycles. The second-order valence-corrected chi connectivity index (χ2v) is 3.80. The summed E-state index contributed by atoms with van der Waals surface area (Å²) in [7, 11) is 6.69. The second-order valence-electron chi connectivity index (χ2n) is 3.80. The molecular weight excluding hydrogens is 122 g/mol. The predicted molar refractivity (Wildman–Crippen MR) is 46.9 cm³/mol. The van der Waals surface area contributed by atoms with Crippen LogP contribution in [0, 0.1) is 0 Å². The zero-order valence-electron chi connectivity index (χ0n) is 7.56. The quantitative estimate of drug-likeness (QED) is 0.313. The Bertz CT molecular complexity index is 89.4. The van der Waals surface area contributed by atoms with E-state index in [1.54, 1.807) is 0 Å². The van der Waals surface area contributed by atoms with Crippen LogP contribution in [0.15, 0.2) is 12.7 Å². The highest BCUT2D eigenvalue weighted by atomic mass is 15.3. The predicted octanol–water partition coefficient (Wildman–Crippen LogP) is 2.05. The fraction of sp³-hybridized carbons (Fsp3) is 0.778. The average molecular weight is 142 g/mol. The first kappa shape index (κ1) is 9.70. The van der Waals surface area contributed by atoms with Gasteiger partial charge in [-0.3, -0.25) is 0 Å². The Kier molecular flexibility index (Phi) is 4.37. The molecule has 0 rings (SSSR count). The molecule has 0 fully saturated rings. The van der Waals surface area contributed by atoms with E-state index in [1.807, 2.05) is 6.08 Å². The summed E-state index contributed by atoms with van der Waals surface area (Å²) in [5, 5.41) is 0. The molecule has 0 bridgehead atoms. The van der Waals surface area contributed by atoms with Gasteiger partial charge in [-0.25, -0.2) is 0 Å². The first-order valence-corrected chi connectivity index (χ1v) is 3.97. The molecule has 10 heavy (non-hydrogen) atoms. The lowest BCUT2D eigenvalue weighted by atomic mass is 10.2. The van der Waals surface area contributed by atoms with E-state index < -0.39 is 0 Å². The molecule has 0 radical (unpaired) electrons. The Morgan fingerprint density at radius 1 is 1.20 bits per heavy atom. The van der Waals surface area contributed by atoms with Crippen molar-refractivity contribution in [3.63, 3.8) is 0 Å². The summed E-state index contributed by atoms with van der Waals surface area (Å²) in [6.07, 6.45) is 5.77. The molecule has 0 N–H and O–H groups in total. The van der Waals surface area contributed by atoms with Crippen LogP contribution in [-0.4, -0.2) is 32.2 Å².